The highest BCUT2D eigenvalue weighted by molar-refractivity contribution is 5.05. The number of aromatic nitrogens is 2. The second-order valence-corrected chi connectivity index (χ2v) is 3.26. The van der Waals surface area contributed by atoms with E-state index >= 15 is 0 Å². The van der Waals surface area contributed by atoms with Gasteiger partial charge in [-0.2, -0.15) is 0 Å². The molecular weight excluding hydrogens is 150 g/mol. The first kappa shape index (κ1) is 9.26. The summed E-state index contributed by atoms with van der Waals surface area (Å²) in [5.41, 5.74) is 6.96. The molecule has 0 bridgehead atoms. The van der Waals surface area contributed by atoms with E-state index in [2.05, 4.69) is 16.5 Å². The van der Waals surface area contributed by atoms with Crippen molar-refractivity contribution in [1.29, 1.82) is 0 Å². The third-order valence-electron chi connectivity index (χ3n) is 2.05. The van der Waals surface area contributed by atoms with Gasteiger partial charge in [0, 0.05) is 31.4 Å². The SMILES string of the molecule is CCc1cnc(CC(C)N)n1C. The van der Waals surface area contributed by atoms with Crippen LogP contribution in [0.4, 0.5) is 0 Å². The van der Waals surface area contributed by atoms with Gasteiger partial charge in [0.1, 0.15) is 5.82 Å². The third-order valence-corrected chi connectivity index (χ3v) is 2.05. The highest BCUT2D eigenvalue weighted by Crippen LogP contribution is 2.05. The summed E-state index contributed by atoms with van der Waals surface area (Å²) in [7, 11) is 2.05. The Balaban J connectivity index is 2.80. The molecule has 0 aliphatic heterocycles. The molecule has 0 spiro atoms. The maximum atomic E-state index is 5.69. The highest BCUT2D eigenvalue weighted by Gasteiger charge is 2.06. The van der Waals surface area contributed by atoms with Crippen molar-refractivity contribution in [3.8, 4) is 0 Å². The van der Waals surface area contributed by atoms with Crippen molar-refractivity contribution in [3.05, 3.63) is 17.7 Å². The molecule has 0 aliphatic carbocycles. The molecule has 3 nitrogen and oxygen atoms in total. The molecule has 1 aromatic heterocycles. The van der Waals surface area contributed by atoms with Crippen LogP contribution in [0.3, 0.4) is 0 Å². The Morgan fingerprint density at radius 1 is 1.67 bits per heavy atom. The van der Waals surface area contributed by atoms with Crippen LogP contribution in [0.1, 0.15) is 25.4 Å². The van der Waals surface area contributed by atoms with Crippen molar-refractivity contribution >= 4 is 0 Å². The van der Waals surface area contributed by atoms with Gasteiger partial charge in [-0.15, -0.1) is 0 Å². The van der Waals surface area contributed by atoms with Gasteiger partial charge in [-0.25, -0.2) is 4.98 Å². The molecule has 1 unspecified atom stereocenters. The Morgan fingerprint density at radius 3 is 2.75 bits per heavy atom. The Hall–Kier alpha value is -0.830. The fourth-order valence-electron chi connectivity index (χ4n) is 1.29. The van der Waals surface area contributed by atoms with Gasteiger partial charge in [-0.05, 0) is 13.3 Å². The van der Waals surface area contributed by atoms with Crippen molar-refractivity contribution in [2.75, 3.05) is 0 Å². The van der Waals surface area contributed by atoms with Crippen molar-refractivity contribution in [3.63, 3.8) is 0 Å². The maximum absolute atomic E-state index is 5.69. The van der Waals surface area contributed by atoms with Gasteiger partial charge in [0.05, 0.1) is 0 Å². The summed E-state index contributed by atoms with van der Waals surface area (Å²) in [5.74, 6) is 1.09. The standard InChI is InChI=1S/C9H17N3/c1-4-8-6-11-9(12(8)3)5-7(2)10/h6-7H,4-5,10H2,1-3H3. The van der Waals surface area contributed by atoms with Crippen LogP contribution in [0.15, 0.2) is 6.20 Å². The Labute approximate surface area is 73.6 Å². The summed E-state index contributed by atoms with van der Waals surface area (Å²) >= 11 is 0. The van der Waals surface area contributed by atoms with Crippen LogP contribution in [-0.4, -0.2) is 15.6 Å². The molecule has 1 heterocycles. The van der Waals surface area contributed by atoms with Gasteiger partial charge in [-0.3, -0.25) is 0 Å². The molecule has 0 saturated heterocycles. The van der Waals surface area contributed by atoms with Crippen LogP contribution in [0.5, 0.6) is 0 Å². The fourth-order valence-corrected chi connectivity index (χ4v) is 1.29. The molecule has 0 fully saturated rings. The summed E-state index contributed by atoms with van der Waals surface area (Å²) in [4.78, 5) is 4.31. The van der Waals surface area contributed by atoms with Crippen LogP contribution in [0.25, 0.3) is 0 Å². The summed E-state index contributed by atoms with van der Waals surface area (Å²) in [6.45, 7) is 4.13. The van der Waals surface area contributed by atoms with E-state index in [9.17, 15) is 0 Å². The minimum Gasteiger partial charge on any atom is -0.335 e. The van der Waals surface area contributed by atoms with Crippen LogP contribution in [0, 0.1) is 0 Å². The fraction of sp³-hybridized carbons (Fsp3) is 0.667. The first-order valence-corrected chi connectivity index (χ1v) is 4.40. The Morgan fingerprint density at radius 2 is 2.33 bits per heavy atom. The van der Waals surface area contributed by atoms with E-state index in [-0.39, 0.29) is 6.04 Å². The molecular formula is C9H17N3. The van der Waals surface area contributed by atoms with Gasteiger partial charge < -0.3 is 10.3 Å². The summed E-state index contributed by atoms with van der Waals surface area (Å²) in [6, 6.07) is 0.191. The van der Waals surface area contributed by atoms with E-state index in [1.165, 1.54) is 5.69 Å². The Kier molecular flexibility index (Phi) is 2.87. The third kappa shape index (κ3) is 1.85. The number of hydrogen-bond acceptors (Lipinski definition) is 2. The van der Waals surface area contributed by atoms with Crippen LogP contribution < -0.4 is 5.73 Å². The summed E-state index contributed by atoms with van der Waals surface area (Å²) in [5, 5.41) is 0. The van der Waals surface area contributed by atoms with E-state index in [0.717, 1.165) is 18.7 Å². The molecule has 0 aromatic carbocycles. The van der Waals surface area contributed by atoms with Gasteiger partial charge in [0.25, 0.3) is 0 Å². The zero-order valence-corrected chi connectivity index (χ0v) is 8.04. The van der Waals surface area contributed by atoms with E-state index in [1.54, 1.807) is 0 Å². The number of rotatable bonds is 3. The van der Waals surface area contributed by atoms with Gasteiger partial charge in [-0.1, -0.05) is 6.92 Å². The van der Waals surface area contributed by atoms with Crippen molar-refractivity contribution in [2.24, 2.45) is 12.8 Å². The molecule has 0 aliphatic rings. The predicted octanol–water partition coefficient (Wildman–Crippen LogP) is 0.872. The van der Waals surface area contributed by atoms with Gasteiger partial charge in [0.15, 0.2) is 0 Å². The lowest BCUT2D eigenvalue weighted by Gasteiger charge is -2.06. The minimum absolute atomic E-state index is 0.191. The predicted molar refractivity (Wildman–Crippen MR) is 49.9 cm³/mol. The summed E-state index contributed by atoms with van der Waals surface area (Å²) in [6.07, 6.45) is 3.82. The lowest BCUT2D eigenvalue weighted by Crippen LogP contribution is -2.20. The zero-order chi connectivity index (χ0) is 9.14. The molecule has 1 aromatic rings. The van der Waals surface area contributed by atoms with Crippen LogP contribution in [0.2, 0.25) is 0 Å². The molecule has 3 heteroatoms. The quantitative estimate of drug-likeness (QED) is 0.726. The summed E-state index contributed by atoms with van der Waals surface area (Å²) < 4.78 is 2.13. The van der Waals surface area contributed by atoms with Crippen molar-refractivity contribution < 1.29 is 0 Å². The number of nitrogens with zero attached hydrogens (tertiary/aromatic N) is 2. The second kappa shape index (κ2) is 3.72. The molecule has 68 valence electrons. The minimum atomic E-state index is 0.191. The number of imidazole rings is 1. The average molecular weight is 167 g/mol. The van der Waals surface area contributed by atoms with E-state index in [1.807, 2.05) is 20.2 Å². The van der Waals surface area contributed by atoms with Crippen LogP contribution in [-0.2, 0) is 19.9 Å². The lowest BCUT2D eigenvalue weighted by molar-refractivity contribution is 0.662. The van der Waals surface area contributed by atoms with E-state index in [4.69, 9.17) is 5.73 Å². The average Bonchev–Trinajstić information content (AvgIpc) is 2.32. The van der Waals surface area contributed by atoms with Gasteiger partial charge in [0.2, 0.25) is 0 Å². The molecule has 1 atom stereocenters. The molecule has 0 amide bonds. The van der Waals surface area contributed by atoms with E-state index < -0.39 is 0 Å². The molecule has 12 heavy (non-hydrogen) atoms. The smallest absolute Gasteiger partial charge is 0.110 e. The molecule has 0 saturated carbocycles. The number of hydrogen-bond donors (Lipinski definition) is 1. The zero-order valence-electron chi connectivity index (χ0n) is 8.04. The van der Waals surface area contributed by atoms with E-state index in [0.29, 0.717) is 0 Å². The molecule has 0 radical (unpaired) electrons. The normalized spacial score (nSPS) is 13.3. The van der Waals surface area contributed by atoms with Gasteiger partial charge >= 0.3 is 0 Å². The molecule has 2 N–H and O–H groups in total. The first-order chi connectivity index (χ1) is 5.65. The largest absolute Gasteiger partial charge is 0.335 e. The van der Waals surface area contributed by atoms with Crippen molar-refractivity contribution in [2.45, 2.75) is 32.7 Å². The number of nitrogens with two attached hydrogens (primary N) is 1. The van der Waals surface area contributed by atoms with Crippen LogP contribution >= 0.6 is 0 Å². The maximum Gasteiger partial charge on any atom is 0.110 e. The Bertz CT molecular complexity index is 250. The topological polar surface area (TPSA) is 43.8 Å². The monoisotopic (exact) mass is 167 g/mol. The van der Waals surface area contributed by atoms with Crippen molar-refractivity contribution in [1.82, 2.24) is 9.55 Å². The second-order valence-electron chi connectivity index (χ2n) is 3.26. The lowest BCUT2D eigenvalue weighted by atomic mass is 10.2. The molecule has 1 rings (SSSR count). The highest BCUT2D eigenvalue weighted by atomic mass is 15.1. The first-order valence-electron chi connectivity index (χ1n) is 4.40. The number of aryl methyl sites for hydroxylation is 1.